The molecule has 32 heavy (non-hydrogen) atoms. The van der Waals surface area contributed by atoms with Crippen LogP contribution in [0.15, 0.2) is 47.0 Å². The van der Waals surface area contributed by atoms with Gasteiger partial charge in [-0.15, -0.1) is 0 Å². The van der Waals surface area contributed by atoms with E-state index in [4.69, 9.17) is 14.0 Å². The van der Waals surface area contributed by atoms with Crippen LogP contribution in [-0.2, 0) is 4.79 Å². The summed E-state index contributed by atoms with van der Waals surface area (Å²) in [4.78, 5) is 19.1. The maximum absolute atomic E-state index is 13.4. The zero-order chi connectivity index (χ0) is 22.5. The fourth-order valence-electron chi connectivity index (χ4n) is 3.78. The van der Waals surface area contributed by atoms with Gasteiger partial charge in [-0.2, -0.15) is 4.98 Å². The number of benzene rings is 2. The third-order valence-electron chi connectivity index (χ3n) is 5.51. The number of amides is 1. The maximum Gasteiger partial charge on any atom is 0.238 e. The predicted octanol–water partition coefficient (Wildman–Crippen LogP) is 3.71. The molecule has 2 heterocycles. The SMILES string of the molecule is COc1ccc(NC(=O)CN2CCC(c3nc(-c4cccc(F)c4)no3)CC2)c(OC)c1. The standard InChI is InChI=1S/C23H25FN4O4/c1-30-18-6-7-19(20(13-18)31-2)25-21(29)14-28-10-8-15(9-11-28)23-26-22(27-32-23)16-4-3-5-17(24)12-16/h3-7,12-13,15H,8-11,14H2,1-2H3,(H,25,29). The van der Waals surface area contributed by atoms with Crippen LogP contribution in [-0.4, -0.2) is 54.8 Å². The van der Waals surface area contributed by atoms with Crippen LogP contribution in [0.25, 0.3) is 11.4 Å². The Balaban J connectivity index is 1.30. The summed E-state index contributed by atoms with van der Waals surface area (Å²) >= 11 is 0. The fourth-order valence-corrected chi connectivity index (χ4v) is 3.78. The van der Waals surface area contributed by atoms with Gasteiger partial charge >= 0.3 is 0 Å². The molecule has 0 atom stereocenters. The first-order chi connectivity index (χ1) is 15.6. The number of likely N-dealkylation sites (tertiary alicyclic amines) is 1. The van der Waals surface area contributed by atoms with Gasteiger partial charge in [0.05, 0.1) is 26.5 Å². The molecule has 0 aliphatic carbocycles. The molecule has 3 aromatic rings. The highest BCUT2D eigenvalue weighted by atomic mass is 19.1. The molecule has 1 aliphatic rings. The topological polar surface area (TPSA) is 89.7 Å². The molecule has 9 heteroatoms. The fraction of sp³-hybridized carbons (Fsp3) is 0.348. The van der Waals surface area contributed by atoms with Crippen LogP contribution >= 0.6 is 0 Å². The Morgan fingerprint density at radius 3 is 2.72 bits per heavy atom. The summed E-state index contributed by atoms with van der Waals surface area (Å²) in [6, 6.07) is 11.4. The molecule has 0 radical (unpaired) electrons. The minimum absolute atomic E-state index is 0.113. The Morgan fingerprint density at radius 2 is 2.00 bits per heavy atom. The number of rotatable bonds is 7. The second kappa shape index (κ2) is 9.78. The summed E-state index contributed by atoms with van der Waals surface area (Å²) in [5.41, 5.74) is 1.19. The molecule has 0 unspecified atom stereocenters. The molecule has 0 bridgehead atoms. The predicted molar refractivity (Wildman–Crippen MR) is 116 cm³/mol. The summed E-state index contributed by atoms with van der Waals surface area (Å²) in [7, 11) is 3.12. The van der Waals surface area contributed by atoms with Crippen molar-refractivity contribution >= 4 is 11.6 Å². The van der Waals surface area contributed by atoms with E-state index < -0.39 is 0 Å². The molecule has 1 N–H and O–H groups in total. The molecule has 0 spiro atoms. The highest BCUT2D eigenvalue weighted by Gasteiger charge is 2.26. The van der Waals surface area contributed by atoms with E-state index in [1.807, 2.05) is 0 Å². The van der Waals surface area contributed by atoms with E-state index in [9.17, 15) is 9.18 Å². The van der Waals surface area contributed by atoms with E-state index in [2.05, 4.69) is 20.4 Å². The summed E-state index contributed by atoms with van der Waals surface area (Å²) in [6.45, 7) is 1.74. The molecule has 1 fully saturated rings. The van der Waals surface area contributed by atoms with Crippen molar-refractivity contribution in [2.45, 2.75) is 18.8 Å². The summed E-state index contributed by atoms with van der Waals surface area (Å²) < 4.78 is 29.4. The number of hydrogen-bond donors (Lipinski definition) is 1. The van der Waals surface area contributed by atoms with Gasteiger partial charge in [-0.05, 0) is 50.2 Å². The van der Waals surface area contributed by atoms with E-state index >= 15 is 0 Å². The lowest BCUT2D eigenvalue weighted by atomic mass is 9.97. The third-order valence-corrected chi connectivity index (χ3v) is 5.51. The quantitative estimate of drug-likeness (QED) is 0.599. The minimum Gasteiger partial charge on any atom is -0.497 e. The second-order valence-electron chi connectivity index (χ2n) is 7.63. The van der Waals surface area contributed by atoms with Crippen LogP contribution in [0.3, 0.4) is 0 Å². The van der Waals surface area contributed by atoms with Crippen molar-refractivity contribution in [1.82, 2.24) is 15.0 Å². The van der Waals surface area contributed by atoms with Gasteiger partial charge in [0.15, 0.2) is 0 Å². The van der Waals surface area contributed by atoms with Crippen molar-refractivity contribution in [2.75, 3.05) is 39.2 Å². The molecule has 8 nitrogen and oxygen atoms in total. The lowest BCUT2D eigenvalue weighted by Gasteiger charge is -2.29. The van der Waals surface area contributed by atoms with E-state index in [-0.39, 0.29) is 24.2 Å². The molecular formula is C23H25FN4O4. The Morgan fingerprint density at radius 1 is 1.19 bits per heavy atom. The Kier molecular flexibility index (Phi) is 6.65. The van der Waals surface area contributed by atoms with Gasteiger partial charge in [0.25, 0.3) is 0 Å². The van der Waals surface area contributed by atoms with Crippen LogP contribution in [0.5, 0.6) is 11.5 Å². The number of methoxy groups -OCH3 is 2. The number of aromatic nitrogens is 2. The normalized spacial score (nSPS) is 14.8. The van der Waals surface area contributed by atoms with Gasteiger partial charge in [0, 0.05) is 17.5 Å². The molecule has 1 saturated heterocycles. The first-order valence-corrected chi connectivity index (χ1v) is 10.4. The molecule has 0 saturated carbocycles. The molecule has 1 aromatic heterocycles. The largest absolute Gasteiger partial charge is 0.497 e. The number of anilines is 1. The van der Waals surface area contributed by atoms with Gasteiger partial charge in [0.2, 0.25) is 17.6 Å². The average molecular weight is 440 g/mol. The molecule has 168 valence electrons. The number of nitrogens with one attached hydrogen (secondary N) is 1. The zero-order valence-corrected chi connectivity index (χ0v) is 18.0. The first-order valence-electron chi connectivity index (χ1n) is 10.4. The Bertz CT molecular complexity index is 1080. The Hall–Kier alpha value is -3.46. The van der Waals surface area contributed by atoms with Gasteiger partial charge < -0.3 is 19.3 Å². The number of piperidine rings is 1. The van der Waals surface area contributed by atoms with E-state index in [1.54, 1.807) is 44.6 Å². The average Bonchev–Trinajstić information content (AvgIpc) is 3.30. The van der Waals surface area contributed by atoms with Crippen molar-refractivity contribution in [3.8, 4) is 22.9 Å². The van der Waals surface area contributed by atoms with Gasteiger partial charge in [0.1, 0.15) is 17.3 Å². The van der Waals surface area contributed by atoms with Crippen LogP contribution in [0, 0.1) is 5.82 Å². The second-order valence-corrected chi connectivity index (χ2v) is 7.63. The van der Waals surface area contributed by atoms with Crippen molar-refractivity contribution < 1.29 is 23.2 Å². The number of nitrogens with zero attached hydrogens (tertiary/aromatic N) is 3. The van der Waals surface area contributed by atoms with Crippen LogP contribution in [0.2, 0.25) is 0 Å². The summed E-state index contributed by atoms with van der Waals surface area (Å²) in [5.74, 6) is 1.80. The molecular weight excluding hydrogens is 415 g/mol. The molecule has 4 rings (SSSR count). The zero-order valence-electron chi connectivity index (χ0n) is 18.0. The van der Waals surface area contributed by atoms with Crippen molar-refractivity contribution in [1.29, 1.82) is 0 Å². The highest BCUT2D eigenvalue weighted by molar-refractivity contribution is 5.93. The summed E-state index contributed by atoms with van der Waals surface area (Å²) in [6.07, 6.45) is 1.59. The first kappa shape index (κ1) is 21.8. The van der Waals surface area contributed by atoms with Gasteiger partial charge in [-0.1, -0.05) is 17.3 Å². The van der Waals surface area contributed by atoms with E-state index in [0.717, 1.165) is 25.9 Å². The lowest BCUT2D eigenvalue weighted by molar-refractivity contribution is -0.117. The number of halogens is 1. The maximum atomic E-state index is 13.4. The van der Waals surface area contributed by atoms with Gasteiger partial charge in [-0.25, -0.2) is 4.39 Å². The van der Waals surface area contributed by atoms with Crippen LogP contribution < -0.4 is 14.8 Å². The van der Waals surface area contributed by atoms with Crippen LogP contribution in [0.4, 0.5) is 10.1 Å². The van der Waals surface area contributed by atoms with Gasteiger partial charge in [-0.3, -0.25) is 9.69 Å². The van der Waals surface area contributed by atoms with Crippen molar-refractivity contribution in [2.24, 2.45) is 0 Å². The van der Waals surface area contributed by atoms with Crippen molar-refractivity contribution in [3.05, 3.63) is 54.2 Å². The third kappa shape index (κ3) is 5.05. The number of hydrogen-bond acceptors (Lipinski definition) is 7. The van der Waals surface area contributed by atoms with E-state index in [1.165, 1.54) is 12.1 Å². The smallest absolute Gasteiger partial charge is 0.238 e. The monoisotopic (exact) mass is 440 g/mol. The Labute approximate surface area is 185 Å². The number of ether oxygens (including phenoxy) is 2. The lowest BCUT2D eigenvalue weighted by Crippen LogP contribution is -2.38. The number of carbonyl (C=O) groups is 1. The van der Waals surface area contributed by atoms with Crippen molar-refractivity contribution in [3.63, 3.8) is 0 Å². The number of carbonyl (C=O) groups excluding carboxylic acids is 1. The molecule has 1 aliphatic heterocycles. The highest BCUT2D eigenvalue weighted by Crippen LogP contribution is 2.30. The minimum atomic E-state index is -0.340. The summed E-state index contributed by atoms with van der Waals surface area (Å²) in [5, 5.41) is 6.89. The molecule has 2 aromatic carbocycles. The van der Waals surface area contributed by atoms with Crippen LogP contribution in [0.1, 0.15) is 24.7 Å². The van der Waals surface area contributed by atoms with E-state index in [0.29, 0.717) is 34.5 Å². The molecule has 1 amide bonds.